The number of ether oxygens (including phenoxy) is 1. The van der Waals surface area contributed by atoms with E-state index in [0.29, 0.717) is 16.4 Å². The van der Waals surface area contributed by atoms with Crippen LogP contribution in [0.5, 0.6) is 5.75 Å². The van der Waals surface area contributed by atoms with Crippen molar-refractivity contribution in [1.29, 1.82) is 0 Å². The first-order chi connectivity index (χ1) is 17.6. The largest absolute Gasteiger partial charge is 0.507 e. The van der Waals surface area contributed by atoms with Gasteiger partial charge in [0.25, 0.3) is 5.78 Å². The van der Waals surface area contributed by atoms with E-state index >= 15 is 0 Å². The van der Waals surface area contributed by atoms with Gasteiger partial charge in [-0.05, 0) is 65.4 Å². The van der Waals surface area contributed by atoms with Crippen molar-refractivity contribution in [2.24, 2.45) is 0 Å². The number of hydrogen-bond acceptors (Lipinski definition) is 6. The summed E-state index contributed by atoms with van der Waals surface area (Å²) in [6.45, 7) is 8.37. The van der Waals surface area contributed by atoms with Crippen LogP contribution in [0.2, 0.25) is 0 Å². The first-order valence-corrected chi connectivity index (χ1v) is 12.8. The minimum atomic E-state index is -0.822. The number of amides is 1. The number of aliphatic hydroxyl groups is 1. The maximum atomic E-state index is 13.5. The molecule has 0 bridgehead atoms. The summed E-state index contributed by atoms with van der Waals surface area (Å²) in [6, 6.07) is 19.7. The van der Waals surface area contributed by atoms with Crippen LogP contribution >= 0.6 is 11.3 Å². The minimum Gasteiger partial charge on any atom is -0.507 e. The summed E-state index contributed by atoms with van der Waals surface area (Å²) in [4.78, 5) is 33.0. The lowest BCUT2D eigenvalue weighted by Gasteiger charge is -2.24. The van der Waals surface area contributed by atoms with Crippen LogP contribution in [0.25, 0.3) is 16.0 Å². The zero-order valence-corrected chi connectivity index (χ0v) is 22.2. The summed E-state index contributed by atoms with van der Waals surface area (Å²) in [7, 11) is 1.56. The third kappa shape index (κ3) is 4.40. The predicted octanol–water partition coefficient (Wildman–Crippen LogP) is 6.54. The van der Waals surface area contributed by atoms with E-state index in [1.807, 2.05) is 49.4 Å². The van der Waals surface area contributed by atoms with Gasteiger partial charge in [-0.2, -0.15) is 0 Å². The van der Waals surface area contributed by atoms with E-state index in [9.17, 15) is 14.7 Å². The highest BCUT2D eigenvalue weighted by molar-refractivity contribution is 7.22. The number of thiazole rings is 1. The van der Waals surface area contributed by atoms with Crippen LogP contribution in [0.15, 0.2) is 72.3 Å². The summed E-state index contributed by atoms with van der Waals surface area (Å²) in [5.74, 6) is -1.06. The number of aryl methyl sites for hydroxylation is 1. The molecule has 0 saturated carbocycles. The Bertz CT molecular complexity index is 1540. The van der Waals surface area contributed by atoms with Crippen LogP contribution in [0.1, 0.15) is 49.1 Å². The number of nitrogens with zero attached hydrogens (tertiary/aromatic N) is 2. The van der Waals surface area contributed by atoms with E-state index in [1.165, 1.54) is 16.2 Å². The summed E-state index contributed by atoms with van der Waals surface area (Å²) in [5.41, 5.74) is 4.08. The predicted molar refractivity (Wildman–Crippen MR) is 147 cm³/mol. The number of aromatic nitrogens is 1. The molecule has 2 heterocycles. The smallest absolute Gasteiger partial charge is 0.301 e. The molecular weight excluding hydrogens is 484 g/mol. The molecule has 1 N–H and O–H groups in total. The number of ketones is 1. The van der Waals surface area contributed by atoms with Gasteiger partial charge in [0.2, 0.25) is 0 Å². The molecule has 1 aliphatic rings. The quantitative estimate of drug-likeness (QED) is 0.191. The third-order valence-corrected chi connectivity index (χ3v) is 7.66. The van der Waals surface area contributed by atoms with Crippen molar-refractivity contribution < 1.29 is 19.4 Å². The SMILES string of the molecule is COc1ccc(C(O)=C2C(=O)C(=O)N(c3nc4ccc(C)cc4s3)C2c2ccc(C(C)(C)C)cc2)cc1. The van der Waals surface area contributed by atoms with Crippen LogP contribution in [0.3, 0.4) is 0 Å². The van der Waals surface area contributed by atoms with E-state index < -0.39 is 17.7 Å². The second-order valence-corrected chi connectivity index (χ2v) is 11.2. The van der Waals surface area contributed by atoms with Gasteiger partial charge in [0.1, 0.15) is 11.5 Å². The molecule has 0 aliphatic carbocycles. The highest BCUT2D eigenvalue weighted by Crippen LogP contribution is 2.44. The number of aliphatic hydroxyl groups excluding tert-OH is 1. The van der Waals surface area contributed by atoms with Gasteiger partial charge in [-0.25, -0.2) is 4.98 Å². The Morgan fingerprint density at radius 2 is 1.68 bits per heavy atom. The van der Waals surface area contributed by atoms with Crippen molar-refractivity contribution in [3.8, 4) is 5.75 Å². The molecular formula is C30H28N2O4S. The van der Waals surface area contributed by atoms with Crippen LogP contribution in [0.4, 0.5) is 5.13 Å². The van der Waals surface area contributed by atoms with Gasteiger partial charge in [0.05, 0.1) is 28.9 Å². The molecule has 7 heteroatoms. The average molecular weight is 513 g/mol. The molecule has 1 aliphatic heterocycles. The number of anilines is 1. The fraction of sp³-hybridized carbons (Fsp3) is 0.233. The molecule has 0 radical (unpaired) electrons. The molecule has 0 spiro atoms. The highest BCUT2D eigenvalue weighted by Gasteiger charge is 2.48. The fourth-order valence-corrected chi connectivity index (χ4v) is 5.63. The van der Waals surface area contributed by atoms with Gasteiger partial charge in [-0.1, -0.05) is 62.4 Å². The van der Waals surface area contributed by atoms with Crippen LogP contribution in [0, 0.1) is 6.92 Å². The lowest BCUT2D eigenvalue weighted by atomic mass is 9.85. The molecule has 4 aromatic rings. The third-order valence-electron chi connectivity index (χ3n) is 6.64. The molecule has 1 fully saturated rings. The van der Waals surface area contributed by atoms with Crippen LogP contribution < -0.4 is 9.64 Å². The van der Waals surface area contributed by atoms with Crippen molar-refractivity contribution in [2.75, 3.05) is 12.0 Å². The lowest BCUT2D eigenvalue weighted by Crippen LogP contribution is -2.29. The normalized spacial score (nSPS) is 17.5. The fourth-order valence-electron chi connectivity index (χ4n) is 4.54. The van der Waals surface area contributed by atoms with Gasteiger partial charge in [0, 0.05) is 5.56 Å². The molecule has 1 atom stereocenters. The van der Waals surface area contributed by atoms with Crippen molar-refractivity contribution in [1.82, 2.24) is 4.98 Å². The number of rotatable bonds is 4. The Balaban J connectivity index is 1.70. The number of Topliss-reactive ketones (excluding diaryl/α,β-unsaturated/α-hetero) is 1. The molecule has 1 aromatic heterocycles. The Hall–Kier alpha value is -3.97. The van der Waals surface area contributed by atoms with Crippen molar-refractivity contribution >= 4 is 44.1 Å². The minimum absolute atomic E-state index is 0.0362. The Morgan fingerprint density at radius 3 is 2.30 bits per heavy atom. The Labute approximate surface area is 219 Å². The molecule has 1 unspecified atom stereocenters. The molecule has 188 valence electrons. The molecule has 37 heavy (non-hydrogen) atoms. The van der Waals surface area contributed by atoms with Gasteiger partial charge < -0.3 is 9.84 Å². The number of hydrogen-bond donors (Lipinski definition) is 1. The monoisotopic (exact) mass is 512 g/mol. The molecule has 6 nitrogen and oxygen atoms in total. The van der Waals surface area contributed by atoms with E-state index in [0.717, 1.165) is 26.9 Å². The van der Waals surface area contributed by atoms with Crippen LogP contribution in [-0.2, 0) is 15.0 Å². The Kier molecular flexibility index (Phi) is 6.12. The summed E-state index contributed by atoms with van der Waals surface area (Å²) < 4.78 is 6.14. The second kappa shape index (κ2) is 9.16. The molecule has 1 amide bonds. The van der Waals surface area contributed by atoms with Crippen molar-refractivity contribution in [3.63, 3.8) is 0 Å². The zero-order chi connectivity index (χ0) is 26.5. The summed E-state index contributed by atoms with van der Waals surface area (Å²) in [5, 5.41) is 11.8. The van der Waals surface area contributed by atoms with E-state index in [1.54, 1.807) is 31.4 Å². The van der Waals surface area contributed by atoms with Crippen molar-refractivity contribution in [3.05, 3.63) is 94.6 Å². The topological polar surface area (TPSA) is 79.7 Å². The Morgan fingerprint density at radius 1 is 1.00 bits per heavy atom. The molecule has 5 rings (SSSR count). The average Bonchev–Trinajstić information content (AvgIpc) is 3.40. The summed E-state index contributed by atoms with van der Waals surface area (Å²) in [6.07, 6.45) is 0. The molecule has 3 aromatic carbocycles. The maximum absolute atomic E-state index is 13.5. The van der Waals surface area contributed by atoms with Gasteiger partial charge in [-0.15, -0.1) is 0 Å². The first kappa shape index (κ1) is 24.7. The number of carbonyl (C=O) groups excluding carboxylic acids is 2. The van der Waals surface area contributed by atoms with E-state index in [2.05, 4.69) is 20.8 Å². The first-order valence-electron chi connectivity index (χ1n) is 12.0. The van der Waals surface area contributed by atoms with E-state index in [4.69, 9.17) is 9.72 Å². The highest BCUT2D eigenvalue weighted by atomic mass is 32.1. The van der Waals surface area contributed by atoms with Gasteiger partial charge in [-0.3, -0.25) is 14.5 Å². The maximum Gasteiger partial charge on any atom is 0.301 e. The van der Waals surface area contributed by atoms with E-state index in [-0.39, 0.29) is 16.7 Å². The number of methoxy groups -OCH3 is 1. The lowest BCUT2D eigenvalue weighted by molar-refractivity contribution is -0.132. The van der Waals surface area contributed by atoms with Crippen molar-refractivity contribution in [2.45, 2.75) is 39.2 Å². The molecule has 1 saturated heterocycles. The van der Waals surface area contributed by atoms with Gasteiger partial charge in [0.15, 0.2) is 5.13 Å². The zero-order valence-electron chi connectivity index (χ0n) is 21.4. The summed E-state index contributed by atoms with van der Waals surface area (Å²) >= 11 is 1.36. The number of fused-ring (bicyclic) bond motifs is 1. The van der Waals surface area contributed by atoms with Gasteiger partial charge >= 0.3 is 5.91 Å². The van der Waals surface area contributed by atoms with Crippen LogP contribution in [-0.4, -0.2) is 28.9 Å². The second-order valence-electron chi connectivity index (χ2n) is 10.2. The number of carbonyl (C=O) groups is 2. The standard InChI is InChI=1S/C30H28N2O4S/c1-17-6-15-22-23(16-17)37-29(31-22)32-25(18-7-11-20(12-8-18)30(2,3)4)24(27(34)28(32)35)26(33)19-9-13-21(36-5)14-10-19/h6-16,25,33H,1-5H3. The number of benzene rings is 3.